The summed E-state index contributed by atoms with van der Waals surface area (Å²) in [5.74, 6) is 0.820. The number of aliphatic hydroxyl groups excluding tert-OH is 1. The molecule has 0 saturated heterocycles. The van der Waals surface area contributed by atoms with Crippen molar-refractivity contribution in [2.45, 2.75) is 39.8 Å². The first kappa shape index (κ1) is 15.6. The predicted molar refractivity (Wildman–Crippen MR) is 81.4 cm³/mol. The van der Waals surface area contributed by atoms with Gasteiger partial charge in [0.25, 0.3) is 0 Å². The van der Waals surface area contributed by atoms with Gasteiger partial charge in [-0.15, -0.1) is 0 Å². The molecule has 1 aliphatic rings. The Bertz CT molecular complexity index is 523. The SMILES string of the molecule is Cc1ccc2c(c1)C(NC(=O)NCC(O)C(C)(C)C)CO2. The average molecular weight is 292 g/mol. The maximum Gasteiger partial charge on any atom is 0.315 e. The third kappa shape index (κ3) is 3.88. The summed E-state index contributed by atoms with van der Waals surface area (Å²) in [6.45, 7) is 8.47. The highest BCUT2D eigenvalue weighted by Crippen LogP contribution is 2.32. The molecule has 0 bridgehead atoms. The lowest BCUT2D eigenvalue weighted by atomic mass is 9.89. The van der Waals surface area contributed by atoms with Crippen LogP contribution < -0.4 is 15.4 Å². The molecular weight excluding hydrogens is 268 g/mol. The number of carbonyl (C=O) groups is 1. The first-order chi connectivity index (χ1) is 9.77. The van der Waals surface area contributed by atoms with Gasteiger partial charge in [-0.2, -0.15) is 0 Å². The molecule has 2 rings (SSSR count). The van der Waals surface area contributed by atoms with E-state index in [2.05, 4.69) is 10.6 Å². The molecule has 5 nitrogen and oxygen atoms in total. The van der Waals surface area contributed by atoms with Crippen LogP contribution in [-0.4, -0.2) is 30.4 Å². The summed E-state index contributed by atoms with van der Waals surface area (Å²) in [4.78, 5) is 11.9. The zero-order valence-corrected chi connectivity index (χ0v) is 13.1. The van der Waals surface area contributed by atoms with Crippen LogP contribution >= 0.6 is 0 Å². The molecule has 3 N–H and O–H groups in total. The number of hydrogen-bond donors (Lipinski definition) is 3. The number of rotatable bonds is 3. The highest BCUT2D eigenvalue weighted by atomic mass is 16.5. The van der Waals surface area contributed by atoms with Crippen molar-refractivity contribution in [2.75, 3.05) is 13.2 Å². The Hall–Kier alpha value is -1.75. The smallest absolute Gasteiger partial charge is 0.315 e. The van der Waals surface area contributed by atoms with E-state index in [0.717, 1.165) is 16.9 Å². The summed E-state index contributed by atoms with van der Waals surface area (Å²) in [5, 5.41) is 15.5. The van der Waals surface area contributed by atoms with Crippen LogP contribution in [0.5, 0.6) is 5.75 Å². The fraction of sp³-hybridized carbons (Fsp3) is 0.562. The van der Waals surface area contributed by atoms with Crippen molar-refractivity contribution in [3.63, 3.8) is 0 Å². The largest absolute Gasteiger partial charge is 0.491 e. The minimum Gasteiger partial charge on any atom is -0.491 e. The first-order valence-electron chi connectivity index (χ1n) is 7.23. The summed E-state index contributed by atoms with van der Waals surface area (Å²) in [6, 6.07) is 5.50. The van der Waals surface area contributed by atoms with Gasteiger partial charge < -0.3 is 20.5 Å². The van der Waals surface area contributed by atoms with E-state index in [1.807, 2.05) is 45.9 Å². The number of hydrogen-bond acceptors (Lipinski definition) is 3. The number of fused-ring (bicyclic) bond motifs is 1. The van der Waals surface area contributed by atoms with Crippen molar-refractivity contribution in [1.29, 1.82) is 0 Å². The van der Waals surface area contributed by atoms with E-state index >= 15 is 0 Å². The third-order valence-corrected chi connectivity index (χ3v) is 3.71. The van der Waals surface area contributed by atoms with Gasteiger partial charge in [0.15, 0.2) is 0 Å². The highest BCUT2D eigenvalue weighted by Gasteiger charge is 2.27. The summed E-state index contributed by atoms with van der Waals surface area (Å²) < 4.78 is 5.55. The molecule has 0 radical (unpaired) electrons. The van der Waals surface area contributed by atoms with E-state index < -0.39 is 6.10 Å². The Morgan fingerprint density at radius 1 is 1.48 bits per heavy atom. The maximum absolute atomic E-state index is 11.9. The van der Waals surface area contributed by atoms with Crippen LogP contribution in [0.2, 0.25) is 0 Å². The lowest BCUT2D eigenvalue weighted by Crippen LogP contribution is -2.44. The molecule has 1 aromatic carbocycles. The highest BCUT2D eigenvalue weighted by molar-refractivity contribution is 5.74. The van der Waals surface area contributed by atoms with Crippen LogP contribution in [0.25, 0.3) is 0 Å². The summed E-state index contributed by atoms with van der Waals surface area (Å²) in [6.07, 6.45) is -0.586. The molecule has 0 fully saturated rings. The van der Waals surface area contributed by atoms with Gasteiger partial charge in [0.05, 0.1) is 12.1 Å². The molecule has 0 aromatic heterocycles. The molecule has 21 heavy (non-hydrogen) atoms. The minimum absolute atomic E-state index is 0.147. The van der Waals surface area contributed by atoms with E-state index in [4.69, 9.17) is 4.74 Å². The molecule has 2 atom stereocenters. The number of carbonyl (C=O) groups excluding carboxylic acids is 1. The maximum atomic E-state index is 11.9. The number of aliphatic hydroxyl groups is 1. The predicted octanol–water partition coefficient (Wildman–Crippen LogP) is 2.13. The lowest BCUT2D eigenvalue weighted by molar-refractivity contribution is 0.0648. The van der Waals surface area contributed by atoms with Crippen LogP contribution in [0.15, 0.2) is 18.2 Å². The third-order valence-electron chi connectivity index (χ3n) is 3.71. The molecular formula is C16H24N2O3. The van der Waals surface area contributed by atoms with Gasteiger partial charge in [-0.1, -0.05) is 38.5 Å². The lowest BCUT2D eigenvalue weighted by Gasteiger charge is -2.26. The van der Waals surface area contributed by atoms with E-state index in [-0.39, 0.29) is 24.0 Å². The van der Waals surface area contributed by atoms with Gasteiger partial charge in [0, 0.05) is 12.1 Å². The molecule has 1 heterocycles. The van der Waals surface area contributed by atoms with Crippen LogP contribution in [0, 0.1) is 12.3 Å². The number of benzene rings is 1. The molecule has 0 saturated carbocycles. The second-order valence-electron chi connectivity index (χ2n) is 6.64. The van der Waals surface area contributed by atoms with Crippen molar-refractivity contribution in [3.05, 3.63) is 29.3 Å². The van der Waals surface area contributed by atoms with Gasteiger partial charge in [0.2, 0.25) is 0 Å². The van der Waals surface area contributed by atoms with Crippen molar-refractivity contribution < 1.29 is 14.6 Å². The monoisotopic (exact) mass is 292 g/mol. The zero-order chi connectivity index (χ0) is 15.6. The zero-order valence-electron chi connectivity index (χ0n) is 13.1. The Morgan fingerprint density at radius 2 is 2.19 bits per heavy atom. The minimum atomic E-state index is -0.586. The average Bonchev–Trinajstić information content (AvgIpc) is 2.77. The van der Waals surface area contributed by atoms with Gasteiger partial charge in [-0.3, -0.25) is 0 Å². The topological polar surface area (TPSA) is 70.6 Å². The second-order valence-corrected chi connectivity index (χ2v) is 6.64. The molecule has 0 aliphatic carbocycles. The Morgan fingerprint density at radius 3 is 2.86 bits per heavy atom. The molecule has 2 amide bonds. The van der Waals surface area contributed by atoms with Crippen LogP contribution in [-0.2, 0) is 0 Å². The Balaban J connectivity index is 1.89. The van der Waals surface area contributed by atoms with Gasteiger partial charge in [-0.25, -0.2) is 4.79 Å². The molecule has 1 aromatic rings. The van der Waals surface area contributed by atoms with E-state index in [9.17, 15) is 9.90 Å². The second kappa shape index (κ2) is 5.93. The number of nitrogens with one attached hydrogen (secondary N) is 2. The normalized spacial score (nSPS) is 18.6. The number of amides is 2. The summed E-state index contributed by atoms with van der Waals surface area (Å²) in [7, 11) is 0. The summed E-state index contributed by atoms with van der Waals surface area (Å²) in [5.41, 5.74) is 1.88. The van der Waals surface area contributed by atoms with E-state index in [1.165, 1.54) is 0 Å². The van der Waals surface area contributed by atoms with E-state index in [1.54, 1.807) is 0 Å². The van der Waals surface area contributed by atoms with Crippen LogP contribution in [0.3, 0.4) is 0 Å². The first-order valence-corrected chi connectivity index (χ1v) is 7.23. The molecule has 5 heteroatoms. The fourth-order valence-corrected chi connectivity index (χ4v) is 2.16. The van der Waals surface area contributed by atoms with Crippen molar-refractivity contribution >= 4 is 6.03 Å². The number of ether oxygens (including phenoxy) is 1. The number of aryl methyl sites for hydroxylation is 1. The van der Waals surface area contributed by atoms with Crippen LogP contribution in [0.4, 0.5) is 4.79 Å². The quantitative estimate of drug-likeness (QED) is 0.799. The Labute approximate surface area is 125 Å². The molecule has 1 aliphatic heterocycles. The van der Waals surface area contributed by atoms with Gasteiger partial charge >= 0.3 is 6.03 Å². The van der Waals surface area contributed by atoms with Crippen LogP contribution in [0.1, 0.15) is 37.9 Å². The fourth-order valence-electron chi connectivity index (χ4n) is 2.16. The van der Waals surface area contributed by atoms with Gasteiger partial charge in [-0.05, 0) is 18.4 Å². The molecule has 0 spiro atoms. The van der Waals surface area contributed by atoms with Crippen molar-refractivity contribution in [3.8, 4) is 5.75 Å². The summed E-state index contributed by atoms with van der Waals surface area (Å²) >= 11 is 0. The van der Waals surface area contributed by atoms with Crippen molar-refractivity contribution in [2.24, 2.45) is 5.41 Å². The molecule has 2 unspecified atom stereocenters. The number of urea groups is 1. The standard InChI is InChI=1S/C16H24N2O3/c1-10-5-6-13-11(7-10)12(9-21-13)18-15(20)17-8-14(19)16(2,3)4/h5-7,12,14,19H,8-9H2,1-4H3,(H2,17,18,20). The van der Waals surface area contributed by atoms with Gasteiger partial charge in [0.1, 0.15) is 12.4 Å². The molecule has 116 valence electrons. The Kier molecular flexibility index (Phi) is 4.42. The van der Waals surface area contributed by atoms with Crippen molar-refractivity contribution in [1.82, 2.24) is 10.6 Å². The van der Waals surface area contributed by atoms with E-state index in [0.29, 0.717) is 6.61 Å².